The summed E-state index contributed by atoms with van der Waals surface area (Å²) in [6.45, 7) is 5.16. The molecule has 3 atom stereocenters. The summed E-state index contributed by atoms with van der Waals surface area (Å²) in [5.41, 5.74) is 3.55. The first-order valence-corrected chi connectivity index (χ1v) is 12.2. The van der Waals surface area contributed by atoms with E-state index in [9.17, 15) is 9.90 Å². The molecule has 3 unspecified atom stereocenters. The summed E-state index contributed by atoms with van der Waals surface area (Å²) in [5, 5.41) is 10.6. The molecule has 1 aliphatic carbocycles. The molecule has 0 aromatic heterocycles. The molecule has 2 aliphatic rings. The maximum Gasteiger partial charge on any atom is 0.308 e. The van der Waals surface area contributed by atoms with Gasteiger partial charge in [-0.15, -0.1) is 0 Å². The van der Waals surface area contributed by atoms with E-state index < -0.39 is 23.7 Å². The number of carboxylic acids is 1. The molecule has 1 heterocycles. The van der Waals surface area contributed by atoms with E-state index in [1.807, 2.05) is 61.5 Å². The zero-order valence-electron chi connectivity index (χ0n) is 20.7. The molecule has 0 spiro atoms. The summed E-state index contributed by atoms with van der Waals surface area (Å²) in [6.07, 6.45) is 0.880. The van der Waals surface area contributed by atoms with Crippen molar-refractivity contribution in [3.05, 3.63) is 76.9 Å². The number of hydrogen-bond acceptors (Lipinski definition) is 6. The summed E-state index contributed by atoms with van der Waals surface area (Å²) in [5.74, 6) is 0.788. The van der Waals surface area contributed by atoms with Gasteiger partial charge in [-0.2, -0.15) is 0 Å². The van der Waals surface area contributed by atoms with Gasteiger partial charge in [-0.3, -0.25) is 4.79 Å². The first kappa shape index (κ1) is 23.9. The lowest BCUT2D eigenvalue weighted by molar-refractivity contribution is -0.142. The van der Waals surface area contributed by atoms with E-state index in [4.69, 9.17) is 23.7 Å². The summed E-state index contributed by atoms with van der Waals surface area (Å²) in [7, 11) is 1.60. The zero-order chi connectivity index (χ0) is 25.2. The van der Waals surface area contributed by atoms with Crippen LogP contribution in [0.2, 0.25) is 0 Å². The second-order valence-electron chi connectivity index (χ2n) is 8.91. The minimum absolute atomic E-state index is 0.159. The van der Waals surface area contributed by atoms with Gasteiger partial charge in [0.1, 0.15) is 17.2 Å². The molecule has 7 heteroatoms. The van der Waals surface area contributed by atoms with Crippen molar-refractivity contribution in [2.45, 2.75) is 32.1 Å². The highest BCUT2D eigenvalue weighted by Crippen LogP contribution is 2.56. The van der Waals surface area contributed by atoms with E-state index in [-0.39, 0.29) is 6.79 Å². The molecule has 5 rings (SSSR count). The van der Waals surface area contributed by atoms with Gasteiger partial charge in [0, 0.05) is 23.5 Å². The third-order valence-corrected chi connectivity index (χ3v) is 6.82. The molecule has 36 heavy (non-hydrogen) atoms. The van der Waals surface area contributed by atoms with Gasteiger partial charge in [0.25, 0.3) is 0 Å². The van der Waals surface area contributed by atoms with Crippen molar-refractivity contribution in [1.29, 1.82) is 0 Å². The van der Waals surface area contributed by atoms with Crippen LogP contribution in [0.5, 0.6) is 28.7 Å². The van der Waals surface area contributed by atoms with Crippen molar-refractivity contribution in [1.82, 2.24) is 0 Å². The van der Waals surface area contributed by atoms with Crippen molar-refractivity contribution in [2.24, 2.45) is 5.92 Å². The lowest BCUT2D eigenvalue weighted by Crippen LogP contribution is -2.24. The predicted molar refractivity (Wildman–Crippen MR) is 134 cm³/mol. The number of ether oxygens (including phenoxy) is 5. The van der Waals surface area contributed by atoms with Crippen molar-refractivity contribution < 1.29 is 33.6 Å². The minimum atomic E-state index is -0.881. The quantitative estimate of drug-likeness (QED) is 0.419. The number of fused-ring (bicyclic) bond motifs is 2. The molecule has 0 bridgehead atoms. The van der Waals surface area contributed by atoms with Crippen molar-refractivity contribution in [3.8, 4) is 28.7 Å². The Morgan fingerprint density at radius 3 is 2.42 bits per heavy atom. The molecular formula is C29H30O7. The van der Waals surface area contributed by atoms with Gasteiger partial charge in [-0.1, -0.05) is 25.1 Å². The summed E-state index contributed by atoms with van der Waals surface area (Å²) < 4.78 is 28.4. The first-order valence-electron chi connectivity index (χ1n) is 12.2. The van der Waals surface area contributed by atoms with Gasteiger partial charge < -0.3 is 28.8 Å². The molecule has 0 amide bonds. The Bertz CT molecular complexity index is 1270. The Labute approximate surface area is 210 Å². The summed E-state index contributed by atoms with van der Waals surface area (Å²) in [6, 6.07) is 17.2. The van der Waals surface area contributed by atoms with E-state index in [0.29, 0.717) is 36.2 Å². The third-order valence-electron chi connectivity index (χ3n) is 6.82. The molecule has 1 N–H and O–H groups in total. The molecule has 1 aliphatic heterocycles. The van der Waals surface area contributed by atoms with Crippen LogP contribution in [0.25, 0.3) is 0 Å². The first-order chi connectivity index (χ1) is 17.5. The SMILES string of the molecule is CCCOc1ccc2c(c1)C(c1ccc(OC)cc1OCC)C(C(=O)O)C2c1ccc2c(c1)OCO2. The lowest BCUT2D eigenvalue weighted by atomic mass is 9.79. The van der Waals surface area contributed by atoms with Gasteiger partial charge in [0.2, 0.25) is 6.79 Å². The van der Waals surface area contributed by atoms with Crippen LogP contribution in [0.3, 0.4) is 0 Å². The molecule has 0 fully saturated rings. The van der Waals surface area contributed by atoms with Crippen molar-refractivity contribution >= 4 is 5.97 Å². The molecule has 7 nitrogen and oxygen atoms in total. The summed E-state index contributed by atoms with van der Waals surface area (Å²) >= 11 is 0. The number of carbonyl (C=O) groups is 1. The van der Waals surface area contributed by atoms with Crippen molar-refractivity contribution in [2.75, 3.05) is 27.1 Å². The number of aliphatic carboxylic acids is 1. The highest BCUT2D eigenvalue weighted by molar-refractivity contribution is 5.78. The van der Waals surface area contributed by atoms with E-state index in [2.05, 4.69) is 6.92 Å². The van der Waals surface area contributed by atoms with Gasteiger partial charge in [-0.05, 0) is 60.4 Å². The maximum absolute atomic E-state index is 13.0. The highest BCUT2D eigenvalue weighted by Gasteiger charge is 2.48. The van der Waals surface area contributed by atoms with Gasteiger partial charge in [-0.25, -0.2) is 0 Å². The monoisotopic (exact) mass is 490 g/mol. The van der Waals surface area contributed by atoms with Crippen LogP contribution in [0.4, 0.5) is 0 Å². The molecule has 188 valence electrons. The Balaban J connectivity index is 1.70. The van der Waals surface area contributed by atoms with Gasteiger partial charge in [0.15, 0.2) is 11.5 Å². The molecule has 0 saturated heterocycles. The normalized spacial score (nSPS) is 19.6. The second-order valence-corrected chi connectivity index (χ2v) is 8.91. The predicted octanol–water partition coefficient (Wildman–Crippen LogP) is 5.59. The average molecular weight is 491 g/mol. The topological polar surface area (TPSA) is 83.5 Å². The number of carboxylic acid groups (broad SMARTS) is 1. The minimum Gasteiger partial charge on any atom is -0.497 e. The van der Waals surface area contributed by atoms with Crippen LogP contribution in [0, 0.1) is 5.92 Å². The second kappa shape index (κ2) is 10.0. The number of benzene rings is 3. The zero-order valence-corrected chi connectivity index (χ0v) is 20.7. The van der Waals surface area contributed by atoms with Crippen molar-refractivity contribution in [3.63, 3.8) is 0 Å². The molecule has 0 saturated carbocycles. The Morgan fingerprint density at radius 2 is 1.67 bits per heavy atom. The standard InChI is InChI=1S/C29H30O7/c1-4-12-34-19-8-9-20-22(14-19)27(21-10-7-18(32-3)15-24(21)33-5-2)28(29(30)31)26(20)17-6-11-23-25(13-17)36-16-35-23/h6-11,13-15,26-28H,4-5,12,16H2,1-3H3,(H,30,31). The lowest BCUT2D eigenvalue weighted by Gasteiger charge is -2.24. The molecule has 3 aromatic carbocycles. The number of rotatable bonds is 9. The van der Waals surface area contributed by atoms with Crippen LogP contribution < -0.4 is 23.7 Å². The smallest absolute Gasteiger partial charge is 0.308 e. The fourth-order valence-electron chi connectivity index (χ4n) is 5.31. The maximum atomic E-state index is 13.0. The fourth-order valence-corrected chi connectivity index (χ4v) is 5.31. The largest absolute Gasteiger partial charge is 0.497 e. The molecule has 0 radical (unpaired) electrons. The van der Waals surface area contributed by atoms with E-state index >= 15 is 0 Å². The van der Waals surface area contributed by atoms with Crippen LogP contribution in [0.1, 0.15) is 54.4 Å². The molecular weight excluding hydrogens is 460 g/mol. The summed E-state index contributed by atoms with van der Waals surface area (Å²) in [4.78, 5) is 13.0. The van der Waals surface area contributed by atoms with Crippen LogP contribution >= 0.6 is 0 Å². The third kappa shape index (κ3) is 4.19. The van der Waals surface area contributed by atoms with Gasteiger partial charge >= 0.3 is 5.97 Å². The highest BCUT2D eigenvalue weighted by atomic mass is 16.7. The van der Waals surface area contributed by atoms with Crippen LogP contribution in [0.15, 0.2) is 54.6 Å². The fraction of sp³-hybridized carbons (Fsp3) is 0.345. The van der Waals surface area contributed by atoms with E-state index in [1.165, 1.54) is 0 Å². The number of methoxy groups -OCH3 is 1. The van der Waals surface area contributed by atoms with Crippen LogP contribution in [-0.2, 0) is 4.79 Å². The number of hydrogen-bond donors (Lipinski definition) is 1. The Morgan fingerprint density at radius 1 is 0.889 bits per heavy atom. The Hall–Kier alpha value is -3.87. The van der Waals surface area contributed by atoms with Crippen LogP contribution in [-0.4, -0.2) is 38.2 Å². The van der Waals surface area contributed by atoms with E-state index in [0.717, 1.165) is 34.4 Å². The average Bonchev–Trinajstić information content (AvgIpc) is 3.49. The Kier molecular flexibility index (Phi) is 6.63. The van der Waals surface area contributed by atoms with Gasteiger partial charge in [0.05, 0.1) is 26.2 Å². The molecule has 3 aromatic rings. The van der Waals surface area contributed by atoms with E-state index in [1.54, 1.807) is 7.11 Å².